The second-order valence-electron chi connectivity index (χ2n) is 5.13. The Hall–Kier alpha value is -1.23. The average Bonchev–Trinajstić information content (AvgIpc) is 2.73. The van der Waals surface area contributed by atoms with Gasteiger partial charge in [0.1, 0.15) is 4.88 Å². The zero-order chi connectivity index (χ0) is 13.8. The maximum Gasteiger partial charge on any atom is 0.356 e. The number of thiazole rings is 1. The van der Waals surface area contributed by atoms with Crippen molar-refractivity contribution in [1.29, 1.82) is 0 Å². The topological polar surface area (TPSA) is 67.3 Å². The summed E-state index contributed by atoms with van der Waals surface area (Å²) in [6.07, 6.45) is 8.24. The number of aromatic carboxylic acids is 1. The Morgan fingerprint density at radius 1 is 1.16 bits per heavy atom. The summed E-state index contributed by atoms with van der Waals surface area (Å²) in [6.45, 7) is 1.40. The maximum absolute atomic E-state index is 11.5. The third-order valence-electron chi connectivity index (χ3n) is 3.62. The predicted molar refractivity (Wildman–Crippen MR) is 74.1 cm³/mol. The first-order valence-electron chi connectivity index (χ1n) is 6.84. The molecule has 0 aliphatic heterocycles. The van der Waals surface area contributed by atoms with Crippen LogP contribution in [0.25, 0.3) is 0 Å². The molecule has 0 saturated heterocycles. The van der Waals surface area contributed by atoms with E-state index >= 15 is 0 Å². The second-order valence-corrected chi connectivity index (χ2v) is 6.16. The molecule has 0 unspecified atom stereocenters. The van der Waals surface area contributed by atoms with Gasteiger partial charge in [-0.25, -0.2) is 9.78 Å². The van der Waals surface area contributed by atoms with Crippen molar-refractivity contribution < 1.29 is 14.7 Å². The SMILES string of the molecule is CC(=O)c1sc(C2CCCCCCC2)nc1C(=O)O. The Morgan fingerprint density at radius 3 is 2.21 bits per heavy atom. The van der Waals surface area contributed by atoms with Gasteiger partial charge in [-0.05, 0) is 12.8 Å². The van der Waals surface area contributed by atoms with Crippen LogP contribution >= 0.6 is 11.3 Å². The molecule has 1 aromatic rings. The Bertz CT molecular complexity index is 442. The maximum atomic E-state index is 11.5. The molecule has 1 N–H and O–H groups in total. The van der Waals surface area contributed by atoms with E-state index in [1.807, 2.05) is 0 Å². The molecule has 1 aromatic heterocycles. The number of rotatable bonds is 3. The summed E-state index contributed by atoms with van der Waals surface area (Å²) in [5.41, 5.74) is -0.0606. The number of nitrogens with zero attached hydrogens (tertiary/aromatic N) is 1. The lowest BCUT2D eigenvalue weighted by Gasteiger charge is -2.17. The quantitative estimate of drug-likeness (QED) is 0.854. The van der Waals surface area contributed by atoms with Gasteiger partial charge in [0.15, 0.2) is 11.5 Å². The van der Waals surface area contributed by atoms with Crippen LogP contribution in [0.4, 0.5) is 0 Å². The van der Waals surface area contributed by atoms with Gasteiger partial charge in [0, 0.05) is 12.8 Å². The highest BCUT2D eigenvalue weighted by Crippen LogP contribution is 2.34. The highest BCUT2D eigenvalue weighted by Gasteiger charge is 2.24. The Balaban J connectivity index is 2.25. The molecule has 1 fully saturated rings. The molecule has 1 aliphatic carbocycles. The van der Waals surface area contributed by atoms with Crippen molar-refractivity contribution in [3.63, 3.8) is 0 Å². The molecule has 0 amide bonds. The molecule has 104 valence electrons. The highest BCUT2D eigenvalue weighted by atomic mass is 32.1. The van der Waals surface area contributed by atoms with Crippen LogP contribution in [-0.4, -0.2) is 21.8 Å². The highest BCUT2D eigenvalue weighted by molar-refractivity contribution is 7.14. The van der Waals surface area contributed by atoms with Crippen LogP contribution in [0.15, 0.2) is 0 Å². The normalized spacial score (nSPS) is 17.7. The number of ketones is 1. The van der Waals surface area contributed by atoms with Gasteiger partial charge in [-0.15, -0.1) is 11.3 Å². The molecule has 2 rings (SSSR count). The van der Waals surface area contributed by atoms with Crippen molar-refractivity contribution >= 4 is 23.1 Å². The minimum absolute atomic E-state index is 0.0606. The largest absolute Gasteiger partial charge is 0.476 e. The lowest BCUT2D eigenvalue weighted by molar-refractivity contribution is 0.0686. The molecule has 5 heteroatoms. The van der Waals surface area contributed by atoms with Crippen molar-refractivity contribution in [1.82, 2.24) is 4.98 Å². The Labute approximate surface area is 116 Å². The van der Waals surface area contributed by atoms with E-state index in [2.05, 4.69) is 4.98 Å². The van der Waals surface area contributed by atoms with Gasteiger partial charge < -0.3 is 5.11 Å². The number of Topliss-reactive ketones (excluding diaryl/α,β-unsaturated/α-hetero) is 1. The molecule has 0 spiro atoms. The first-order valence-corrected chi connectivity index (χ1v) is 7.66. The number of aromatic nitrogens is 1. The third kappa shape index (κ3) is 3.41. The fraction of sp³-hybridized carbons (Fsp3) is 0.643. The lowest BCUT2D eigenvalue weighted by Crippen LogP contribution is -2.05. The zero-order valence-electron chi connectivity index (χ0n) is 11.1. The second kappa shape index (κ2) is 6.28. The van der Waals surface area contributed by atoms with Crippen LogP contribution < -0.4 is 0 Å². The van der Waals surface area contributed by atoms with Crippen molar-refractivity contribution in [2.75, 3.05) is 0 Å². The number of carbonyl (C=O) groups is 2. The fourth-order valence-electron chi connectivity index (χ4n) is 2.60. The van der Waals surface area contributed by atoms with E-state index in [9.17, 15) is 9.59 Å². The van der Waals surface area contributed by atoms with Gasteiger partial charge in [0.05, 0.1) is 5.01 Å². The summed E-state index contributed by atoms with van der Waals surface area (Å²) in [5, 5.41) is 9.96. The summed E-state index contributed by atoms with van der Waals surface area (Å²) < 4.78 is 0. The average molecular weight is 281 g/mol. The molecule has 4 nitrogen and oxygen atoms in total. The van der Waals surface area contributed by atoms with Crippen molar-refractivity contribution in [2.45, 2.75) is 57.8 Å². The van der Waals surface area contributed by atoms with E-state index in [-0.39, 0.29) is 11.5 Å². The third-order valence-corrected chi connectivity index (χ3v) is 4.94. The summed E-state index contributed by atoms with van der Waals surface area (Å²) in [6, 6.07) is 0. The molecule has 0 radical (unpaired) electrons. The van der Waals surface area contributed by atoms with E-state index in [0.717, 1.165) is 17.8 Å². The van der Waals surface area contributed by atoms with E-state index in [1.165, 1.54) is 50.4 Å². The summed E-state index contributed by atoms with van der Waals surface area (Å²) in [4.78, 5) is 27.2. The lowest BCUT2D eigenvalue weighted by atomic mass is 9.92. The number of carbonyl (C=O) groups excluding carboxylic acids is 1. The molecule has 0 aromatic carbocycles. The number of carboxylic acid groups (broad SMARTS) is 1. The summed E-state index contributed by atoms with van der Waals surface area (Å²) in [5.74, 6) is -0.970. The predicted octanol–water partition coefficient (Wildman–Crippen LogP) is 3.87. The number of carboxylic acids is 1. The first kappa shape index (κ1) is 14.2. The van der Waals surface area contributed by atoms with Gasteiger partial charge in [-0.1, -0.05) is 32.1 Å². The Morgan fingerprint density at radius 2 is 1.74 bits per heavy atom. The van der Waals surface area contributed by atoms with Crippen molar-refractivity contribution in [3.05, 3.63) is 15.6 Å². The monoisotopic (exact) mass is 281 g/mol. The van der Waals surface area contributed by atoms with Gasteiger partial charge in [-0.3, -0.25) is 4.79 Å². The van der Waals surface area contributed by atoms with Crippen LogP contribution in [0.2, 0.25) is 0 Å². The first-order chi connectivity index (χ1) is 9.09. The molecule has 19 heavy (non-hydrogen) atoms. The zero-order valence-corrected chi connectivity index (χ0v) is 12.0. The molecule has 1 heterocycles. The molecular weight excluding hydrogens is 262 g/mol. The molecular formula is C14H19NO3S. The summed E-state index contributed by atoms with van der Waals surface area (Å²) in [7, 11) is 0. The van der Waals surface area contributed by atoms with Crippen LogP contribution in [-0.2, 0) is 0 Å². The van der Waals surface area contributed by atoms with Crippen molar-refractivity contribution in [2.24, 2.45) is 0 Å². The van der Waals surface area contributed by atoms with Gasteiger partial charge in [0.25, 0.3) is 0 Å². The molecule has 0 atom stereocenters. The van der Waals surface area contributed by atoms with Crippen LogP contribution in [0.5, 0.6) is 0 Å². The number of hydrogen-bond donors (Lipinski definition) is 1. The van der Waals surface area contributed by atoms with Gasteiger partial charge in [-0.2, -0.15) is 0 Å². The molecule has 1 aliphatic rings. The number of hydrogen-bond acceptors (Lipinski definition) is 4. The van der Waals surface area contributed by atoms with Crippen LogP contribution in [0.1, 0.15) is 83.0 Å². The summed E-state index contributed by atoms with van der Waals surface area (Å²) >= 11 is 1.28. The minimum atomic E-state index is -1.10. The van der Waals surface area contributed by atoms with E-state index in [0.29, 0.717) is 10.8 Å². The van der Waals surface area contributed by atoms with Crippen molar-refractivity contribution in [3.8, 4) is 0 Å². The van der Waals surface area contributed by atoms with E-state index in [4.69, 9.17) is 5.11 Å². The minimum Gasteiger partial charge on any atom is -0.476 e. The van der Waals surface area contributed by atoms with Crippen LogP contribution in [0.3, 0.4) is 0 Å². The Kier molecular flexibility index (Phi) is 4.69. The van der Waals surface area contributed by atoms with Gasteiger partial charge in [0.2, 0.25) is 0 Å². The smallest absolute Gasteiger partial charge is 0.356 e. The van der Waals surface area contributed by atoms with Crippen LogP contribution in [0, 0.1) is 0 Å². The molecule has 1 saturated carbocycles. The molecule has 0 bridgehead atoms. The van der Waals surface area contributed by atoms with E-state index in [1.54, 1.807) is 0 Å². The van der Waals surface area contributed by atoms with E-state index < -0.39 is 5.97 Å². The van der Waals surface area contributed by atoms with Gasteiger partial charge >= 0.3 is 5.97 Å². The fourth-order valence-corrected chi connectivity index (χ4v) is 3.72. The standard InChI is InChI=1S/C14H19NO3S/c1-9(16)12-11(14(17)18)15-13(19-12)10-7-5-3-2-4-6-8-10/h10H,2-8H2,1H3,(H,17,18).